The van der Waals surface area contributed by atoms with Crippen molar-refractivity contribution in [2.75, 3.05) is 7.11 Å². The van der Waals surface area contributed by atoms with E-state index in [1.165, 1.54) is 13.2 Å². The molecule has 4 nitrogen and oxygen atoms in total. The van der Waals surface area contributed by atoms with Crippen LogP contribution in [0.3, 0.4) is 0 Å². The molecular weight excluding hydrogens is 232 g/mol. The second-order valence-electron chi connectivity index (χ2n) is 4.02. The minimum absolute atomic E-state index is 0.0354. The lowest BCUT2D eigenvalue weighted by Crippen LogP contribution is -2.01. The Balaban J connectivity index is 2.75. The zero-order valence-electron chi connectivity index (χ0n) is 10.2. The van der Waals surface area contributed by atoms with Crippen LogP contribution in [-0.4, -0.2) is 23.3 Å². The van der Waals surface area contributed by atoms with E-state index >= 15 is 0 Å². The van der Waals surface area contributed by atoms with Crippen molar-refractivity contribution in [3.05, 3.63) is 35.4 Å². The van der Waals surface area contributed by atoms with E-state index in [0.29, 0.717) is 10.8 Å². The molecule has 0 spiro atoms. The van der Waals surface area contributed by atoms with Gasteiger partial charge in [-0.05, 0) is 24.1 Å². The highest BCUT2D eigenvalue weighted by Gasteiger charge is 2.17. The van der Waals surface area contributed by atoms with Gasteiger partial charge < -0.3 is 14.9 Å². The number of carbonyl (C=O) groups excluding carboxylic acids is 1. The van der Waals surface area contributed by atoms with Gasteiger partial charge in [-0.2, -0.15) is 0 Å². The standard InChI is InChI=1S/C14H14O4/c1-3-8-4-5-9-10(6-8)12(15)7-11(13(9)16)14(17)18-2/h4-7,15-16H,3H2,1-2H3. The van der Waals surface area contributed by atoms with Gasteiger partial charge in [0.05, 0.1) is 7.11 Å². The fourth-order valence-corrected chi connectivity index (χ4v) is 1.92. The SMILES string of the molecule is CCc1ccc2c(O)c(C(=O)OC)cc(O)c2c1. The van der Waals surface area contributed by atoms with Gasteiger partial charge in [-0.15, -0.1) is 0 Å². The minimum Gasteiger partial charge on any atom is -0.507 e. The molecule has 2 rings (SSSR count). The quantitative estimate of drug-likeness (QED) is 0.631. The molecule has 0 heterocycles. The third-order valence-electron chi connectivity index (χ3n) is 2.96. The second kappa shape index (κ2) is 4.56. The molecule has 2 N–H and O–H groups in total. The fourth-order valence-electron chi connectivity index (χ4n) is 1.92. The first-order chi connectivity index (χ1) is 8.58. The molecular formula is C14H14O4. The molecule has 2 aromatic rings. The maximum absolute atomic E-state index is 11.5. The number of hydrogen-bond acceptors (Lipinski definition) is 4. The molecule has 0 radical (unpaired) electrons. The Kier molecular flexibility index (Phi) is 3.10. The van der Waals surface area contributed by atoms with Gasteiger partial charge in [-0.3, -0.25) is 0 Å². The molecule has 2 aromatic carbocycles. The van der Waals surface area contributed by atoms with Crippen molar-refractivity contribution < 1.29 is 19.7 Å². The summed E-state index contributed by atoms with van der Waals surface area (Å²) in [6, 6.07) is 6.56. The van der Waals surface area contributed by atoms with Crippen molar-refractivity contribution in [2.45, 2.75) is 13.3 Å². The third kappa shape index (κ3) is 1.86. The van der Waals surface area contributed by atoms with Crippen LogP contribution in [0, 0.1) is 0 Å². The number of fused-ring (bicyclic) bond motifs is 1. The van der Waals surface area contributed by atoms with E-state index in [4.69, 9.17) is 0 Å². The van der Waals surface area contributed by atoms with E-state index in [-0.39, 0.29) is 17.1 Å². The van der Waals surface area contributed by atoms with Crippen molar-refractivity contribution in [2.24, 2.45) is 0 Å². The number of esters is 1. The largest absolute Gasteiger partial charge is 0.507 e. The molecule has 0 saturated carbocycles. The van der Waals surface area contributed by atoms with E-state index in [1.54, 1.807) is 12.1 Å². The monoisotopic (exact) mass is 246 g/mol. The van der Waals surface area contributed by atoms with Crippen molar-refractivity contribution in [3.8, 4) is 11.5 Å². The van der Waals surface area contributed by atoms with Crippen LogP contribution in [0.4, 0.5) is 0 Å². The molecule has 0 fully saturated rings. The number of methoxy groups -OCH3 is 1. The molecule has 0 atom stereocenters. The summed E-state index contributed by atoms with van der Waals surface area (Å²) in [5.74, 6) is -0.889. The van der Waals surface area contributed by atoms with Crippen LogP contribution in [0.1, 0.15) is 22.8 Å². The van der Waals surface area contributed by atoms with E-state index in [2.05, 4.69) is 4.74 Å². The van der Waals surface area contributed by atoms with E-state index in [0.717, 1.165) is 12.0 Å². The molecule has 0 unspecified atom stereocenters. The van der Waals surface area contributed by atoms with Gasteiger partial charge in [-0.1, -0.05) is 19.1 Å². The lowest BCUT2D eigenvalue weighted by Gasteiger charge is -2.09. The summed E-state index contributed by atoms with van der Waals surface area (Å²) in [4.78, 5) is 11.5. The van der Waals surface area contributed by atoms with Crippen LogP contribution in [0.25, 0.3) is 10.8 Å². The lowest BCUT2D eigenvalue weighted by atomic mass is 10.0. The summed E-state index contributed by atoms with van der Waals surface area (Å²) in [6.45, 7) is 2.00. The highest BCUT2D eigenvalue weighted by molar-refractivity contribution is 6.03. The third-order valence-corrected chi connectivity index (χ3v) is 2.96. The van der Waals surface area contributed by atoms with E-state index in [1.807, 2.05) is 13.0 Å². The predicted molar refractivity (Wildman–Crippen MR) is 68.0 cm³/mol. The Morgan fingerprint density at radius 2 is 1.94 bits per heavy atom. The van der Waals surface area contributed by atoms with Crippen LogP contribution < -0.4 is 0 Å². The summed E-state index contributed by atoms with van der Waals surface area (Å²) >= 11 is 0. The molecule has 18 heavy (non-hydrogen) atoms. The Morgan fingerprint density at radius 1 is 1.22 bits per heavy atom. The van der Waals surface area contributed by atoms with Crippen molar-refractivity contribution in [1.82, 2.24) is 0 Å². The molecule has 0 aliphatic rings. The molecule has 0 bridgehead atoms. The Bertz CT molecular complexity index is 617. The lowest BCUT2D eigenvalue weighted by molar-refractivity contribution is 0.0597. The number of benzene rings is 2. The second-order valence-corrected chi connectivity index (χ2v) is 4.02. The zero-order chi connectivity index (χ0) is 13.3. The minimum atomic E-state index is -0.677. The van der Waals surface area contributed by atoms with Gasteiger partial charge in [0.15, 0.2) is 0 Å². The molecule has 0 amide bonds. The van der Waals surface area contributed by atoms with Crippen molar-refractivity contribution in [1.29, 1.82) is 0 Å². The number of ether oxygens (including phenoxy) is 1. The van der Waals surface area contributed by atoms with Crippen molar-refractivity contribution >= 4 is 16.7 Å². The van der Waals surface area contributed by atoms with Crippen LogP contribution in [0.2, 0.25) is 0 Å². The first kappa shape index (κ1) is 12.2. The first-order valence-corrected chi connectivity index (χ1v) is 5.64. The number of rotatable bonds is 2. The fraction of sp³-hybridized carbons (Fsp3) is 0.214. The molecule has 0 aromatic heterocycles. The highest BCUT2D eigenvalue weighted by Crippen LogP contribution is 2.36. The van der Waals surface area contributed by atoms with Crippen LogP contribution in [0.15, 0.2) is 24.3 Å². The predicted octanol–water partition coefficient (Wildman–Crippen LogP) is 2.60. The first-order valence-electron chi connectivity index (χ1n) is 5.64. The van der Waals surface area contributed by atoms with Gasteiger partial charge in [0, 0.05) is 10.8 Å². The molecule has 0 aliphatic carbocycles. The van der Waals surface area contributed by atoms with Gasteiger partial charge in [-0.25, -0.2) is 4.79 Å². The number of aryl methyl sites for hydroxylation is 1. The summed E-state index contributed by atoms with van der Waals surface area (Å²) < 4.78 is 4.56. The van der Waals surface area contributed by atoms with Gasteiger partial charge in [0.1, 0.15) is 17.1 Å². The number of carbonyl (C=O) groups is 1. The Hall–Kier alpha value is -2.23. The van der Waals surface area contributed by atoms with Crippen molar-refractivity contribution in [3.63, 3.8) is 0 Å². The summed E-state index contributed by atoms with van der Waals surface area (Å²) in [5, 5.41) is 20.9. The Labute approximate surface area is 104 Å². The number of phenolic OH excluding ortho intramolecular Hbond substituents is 2. The normalized spacial score (nSPS) is 10.6. The average Bonchev–Trinajstić information content (AvgIpc) is 2.41. The average molecular weight is 246 g/mol. The van der Waals surface area contributed by atoms with Crippen LogP contribution in [-0.2, 0) is 11.2 Å². The van der Waals surface area contributed by atoms with Gasteiger partial charge in [0.25, 0.3) is 0 Å². The number of hydrogen-bond donors (Lipinski definition) is 2. The van der Waals surface area contributed by atoms with Crippen LogP contribution in [0.5, 0.6) is 11.5 Å². The summed E-state index contributed by atoms with van der Waals surface area (Å²) in [5.41, 5.74) is 1.01. The molecule has 0 aliphatic heterocycles. The maximum atomic E-state index is 11.5. The summed E-state index contributed by atoms with van der Waals surface area (Å²) in [7, 11) is 1.23. The number of aromatic hydroxyl groups is 2. The molecule has 4 heteroatoms. The highest BCUT2D eigenvalue weighted by atomic mass is 16.5. The maximum Gasteiger partial charge on any atom is 0.341 e. The van der Waals surface area contributed by atoms with Gasteiger partial charge in [0.2, 0.25) is 0 Å². The topological polar surface area (TPSA) is 66.8 Å². The molecule has 94 valence electrons. The van der Waals surface area contributed by atoms with Crippen LogP contribution >= 0.6 is 0 Å². The Morgan fingerprint density at radius 3 is 2.56 bits per heavy atom. The summed E-state index contributed by atoms with van der Waals surface area (Å²) in [6.07, 6.45) is 0.828. The van der Waals surface area contributed by atoms with Gasteiger partial charge >= 0.3 is 5.97 Å². The van der Waals surface area contributed by atoms with E-state index in [9.17, 15) is 15.0 Å². The zero-order valence-corrected chi connectivity index (χ0v) is 10.2. The smallest absolute Gasteiger partial charge is 0.341 e. The van der Waals surface area contributed by atoms with E-state index < -0.39 is 5.97 Å². The number of phenols is 2. The molecule has 0 saturated heterocycles.